The van der Waals surface area contributed by atoms with E-state index in [9.17, 15) is 9.59 Å². The molecule has 116 valence electrons. The van der Waals surface area contributed by atoms with Crippen LogP contribution in [-0.2, 0) is 11.2 Å². The number of aromatic nitrogens is 1. The van der Waals surface area contributed by atoms with Crippen LogP contribution >= 0.6 is 0 Å². The number of nitrogens with zero attached hydrogens (tertiary/aromatic N) is 1. The average molecular weight is 302 g/mol. The fraction of sp³-hybridized carbons (Fsp3) is 0.312. The summed E-state index contributed by atoms with van der Waals surface area (Å²) in [6.45, 7) is 1.87. The zero-order valence-corrected chi connectivity index (χ0v) is 12.3. The molecule has 0 saturated carbocycles. The minimum absolute atomic E-state index is 0.239. The Morgan fingerprint density at radius 1 is 1.41 bits per heavy atom. The van der Waals surface area contributed by atoms with Crippen LogP contribution in [-0.4, -0.2) is 28.5 Å². The van der Waals surface area contributed by atoms with Crippen molar-refractivity contribution < 1.29 is 19.1 Å². The molecule has 0 bridgehead atoms. The maximum Gasteiger partial charge on any atom is 0.405 e. The molecule has 1 heterocycles. The Hall–Kier alpha value is -2.63. The molecule has 1 aromatic heterocycles. The summed E-state index contributed by atoms with van der Waals surface area (Å²) in [5.74, 6) is 0.406. The number of carbonyl (C=O) groups is 2. The lowest BCUT2D eigenvalue weighted by molar-refractivity contribution is -0.113. The highest BCUT2D eigenvalue weighted by molar-refractivity contribution is 5.96. The van der Waals surface area contributed by atoms with Gasteiger partial charge in [-0.05, 0) is 30.2 Å². The van der Waals surface area contributed by atoms with Crippen molar-refractivity contribution in [1.82, 2.24) is 10.3 Å². The zero-order valence-electron chi connectivity index (χ0n) is 12.3. The normalized spacial score (nSPS) is 11.1. The first-order valence-corrected chi connectivity index (χ1v) is 7.15. The average Bonchev–Trinajstić information content (AvgIpc) is 2.90. The van der Waals surface area contributed by atoms with Crippen LogP contribution in [0.5, 0.6) is 0 Å². The number of unbranched alkanes of at least 4 members (excludes halogenated alkanes) is 1. The molecule has 0 aliphatic heterocycles. The molecule has 6 heteroatoms. The highest BCUT2D eigenvalue weighted by Crippen LogP contribution is 2.19. The number of nitrogens with one attached hydrogen (secondary N) is 1. The third-order valence-corrected chi connectivity index (χ3v) is 3.08. The molecule has 2 rings (SSSR count). The van der Waals surface area contributed by atoms with Gasteiger partial charge in [0.1, 0.15) is 5.52 Å². The smallest absolute Gasteiger partial charge is 0.405 e. The van der Waals surface area contributed by atoms with E-state index in [1.165, 1.54) is 6.08 Å². The van der Waals surface area contributed by atoms with Gasteiger partial charge in [-0.15, -0.1) is 0 Å². The standard InChI is InChI=1S/C16H18N2O4/c1-2-3-4-15-18-13-8-6-11(9-14(13)22-15)5-7-12(19)10-17-16(20)21/h5-9,17H,2-4,10H2,1H3,(H,20,21)/b7-5+. The highest BCUT2D eigenvalue weighted by Gasteiger charge is 2.06. The number of hydrogen-bond donors (Lipinski definition) is 2. The van der Waals surface area contributed by atoms with Gasteiger partial charge in [0.25, 0.3) is 0 Å². The molecule has 0 radical (unpaired) electrons. The highest BCUT2D eigenvalue weighted by atomic mass is 16.4. The van der Waals surface area contributed by atoms with Gasteiger partial charge >= 0.3 is 6.09 Å². The van der Waals surface area contributed by atoms with Gasteiger partial charge in [0.05, 0.1) is 6.54 Å². The van der Waals surface area contributed by atoms with Crippen molar-refractivity contribution in [2.45, 2.75) is 26.2 Å². The summed E-state index contributed by atoms with van der Waals surface area (Å²) in [6, 6.07) is 5.49. The second kappa shape index (κ2) is 7.40. The number of ketones is 1. The van der Waals surface area contributed by atoms with E-state index in [1.54, 1.807) is 6.08 Å². The second-order valence-electron chi connectivity index (χ2n) is 4.90. The maximum absolute atomic E-state index is 11.5. The Labute approximate surface area is 127 Å². The molecule has 0 aliphatic rings. The van der Waals surface area contributed by atoms with Crippen LogP contribution in [0.3, 0.4) is 0 Å². The van der Waals surface area contributed by atoms with Crippen molar-refractivity contribution in [2.24, 2.45) is 0 Å². The van der Waals surface area contributed by atoms with Crippen molar-refractivity contribution in [1.29, 1.82) is 0 Å². The van der Waals surface area contributed by atoms with Gasteiger partial charge in [-0.25, -0.2) is 9.78 Å². The first-order valence-electron chi connectivity index (χ1n) is 7.15. The molecule has 0 saturated heterocycles. The van der Waals surface area contributed by atoms with E-state index in [2.05, 4.69) is 11.9 Å². The molecule has 2 N–H and O–H groups in total. The number of benzene rings is 1. The van der Waals surface area contributed by atoms with Gasteiger partial charge < -0.3 is 14.8 Å². The molecule has 0 atom stereocenters. The summed E-state index contributed by atoms with van der Waals surface area (Å²) in [5, 5.41) is 10.4. The fourth-order valence-electron chi connectivity index (χ4n) is 1.94. The molecule has 0 fully saturated rings. The lowest BCUT2D eigenvalue weighted by atomic mass is 10.2. The quantitative estimate of drug-likeness (QED) is 0.767. The number of rotatable bonds is 7. The summed E-state index contributed by atoms with van der Waals surface area (Å²) in [7, 11) is 0. The van der Waals surface area contributed by atoms with E-state index >= 15 is 0 Å². The Kier molecular flexibility index (Phi) is 5.30. The number of carboxylic acid groups (broad SMARTS) is 1. The molecule has 0 unspecified atom stereocenters. The Balaban J connectivity index is 2.05. The van der Waals surface area contributed by atoms with Gasteiger partial charge in [-0.3, -0.25) is 4.79 Å². The first kappa shape index (κ1) is 15.8. The largest absolute Gasteiger partial charge is 0.465 e. The van der Waals surface area contributed by atoms with E-state index in [1.807, 2.05) is 23.5 Å². The zero-order chi connectivity index (χ0) is 15.9. The summed E-state index contributed by atoms with van der Waals surface area (Å²) in [4.78, 5) is 26.2. The molecule has 1 amide bonds. The third kappa shape index (κ3) is 4.44. The molecule has 0 aliphatic carbocycles. The van der Waals surface area contributed by atoms with Crippen LogP contribution in [0.15, 0.2) is 28.7 Å². The minimum Gasteiger partial charge on any atom is -0.465 e. The summed E-state index contributed by atoms with van der Waals surface area (Å²) < 4.78 is 5.68. The molecule has 1 aromatic carbocycles. The molecule has 2 aromatic rings. The molecular formula is C16H18N2O4. The monoisotopic (exact) mass is 302 g/mol. The maximum atomic E-state index is 11.5. The van der Waals surface area contributed by atoms with E-state index < -0.39 is 6.09 Å². The van der Waals surface area contributed by atoms with Crippen molar-refractivity contribution in [3.8, 4) is 0 Å². The Bertz CT molecular complexity index is 703. The molecule has 6 nitrogen and oxygen atoms in total. The predicted octanol–water partition coefficient (Wildman–Crippen LogP) is 3.02. The number of aryl methyl sites for hydroxylation is 1. The minimum atomic E-state index is -1.22. The summed E-state index contributed by atoms with van der Waals surface area (Å²) in [6.07, 6.45) is 4.68. The van der Waals surface area contributed by atoms with Crippen LogP contribution in [0.4, 0.5) is 4.79 Å². The van der Waals surface area contributed by atoms with Crippen molar-refractivity contribution in [3.63, 3.8) is 0 Å². The topological polar surface area (TPSA) is 92.4 Å². The molecule has 0 spiro atoms. The van der Waals surface area contributed by atoms with E-state index in [4.69, 9.17) is 9.52 Å². The van der Waals surface area contributed by atoms with Crippen LogP contribution < -0.4 is 5.32 Å². The van der Waals surface area contributed by atoms with Gasteiger partial charge in [0.15, 0.2) is 17.3 Å². The van der Waals surface area contributed by atoms with Crippen LogP contribution in [0.2, 0.25) is 0 Å². The SMILES string of the molecule is CCCCc1nc2ccc(/C=C/C(=O)CNC(=O)O)cc2o1. The van der Waals surface area contributed by atoms with Crippen LogP contribution in [0.25, 0.3) is 17.2 Å². The number of hydrogen-bond acceptors (Lipinski definition) is 4. The van der Waals surface area contributed by atoms with Crippen molar-refractivity contribution >= 4 is 29.1 Å². The second-order valence-corrected chi connectivity index (χ2v) is 4.90. The van der Waals surface area contributed by atoms with E-state index in [-0.39, 0.29) is 12.3 Å². The van der Waals surface area contributed by atoms with Crippen molar-refractivity contribution in [2.75, 3.05) is 6.54 Å². The Morgan fingerprint density at radius 3 is 2.95 bits per heavy atom. The predicted molar refractivity (Wildman–Crippen MR) is 82.7 cm³/mol. The Morgan fingerprint density at radius 2 is 2.23 bits per heavy atom. The molecule has 22 heavy (non-hydrogen) atoms. The van der Waals surface area contributed by atoms with Crippen LogP contribution in [0.1, 0.15) is 31.2 Å². The fourth-order valence-corrected chi connectivity index (χ4v) is 1.94. The van der Waals surface area contributed by atoms with Crippen molar-refractivity contribution in [3.05, 3.63) is 35.7 Å². The lowest BCUT2D eigenvalue weighted by Crippen LogP contribution is -2.26. The van der Waals surface area contributed by atoms with Gasteiger partial charge in [0.2, 0.25) is 0 Å². The van der Waals surface area contributed by atoms with Crippen LogP contribution in [0, 0.1) is 0 Å². The van der Waals surface area contributed by atoms with E-state index in [0.717, 1.165) is 36.2 Å². The van der Waals surface area contributed by atoms with Gasteiger partial charge in [0, 0.05) is 6.42 Å². The number of carbonyl (C=O) groups excluding carboxylic acids is 1. The number of fused-ring (bicyclic) bond motifs is 1. The van der Waals surface area contributed by atoms with E-state index in [0.29, 0.717) is 5.58 Å². The summed E-state index contributed by atoms with van der Waals surface area (Å²) >= 11 is 0. The van der Waals surface area contributed by atoms with Gasteiger partial charge in [-0.2, -0.15) is 0 Å². The summed E-state index contributed by atoms with van der Waals surface area (Å²) in [5.41, 5.74) is 2.28. The molecular weight excluding hydrogens is 284 g/mol. The lowest BCUT2D eigenvalue weighted by Gasteiger charge is -1.95. The number of oxazole rings is 1. The third-order valence-electron chi connectivity index (χ3n) is 3.08. The number of amides is 1. The first-order chi connectivity index (χ1) is 10.6. The van der Waals surface area contributed by atoms with Gasteiger partial charge in [-0.1, -0.05) is 25.5 Å².